The highest BCUT2D eigenvalue weighted by molar-refractivity contribution is 7.09. The molecule has 0 saturated carbocycles. The van der Waals surface area contributed by atoms with Gasteiger partial charge in [0.05, 0.1) is 5.69 Å². The number of hydrogen-bond donors (Lipinski definition) is 1. The van der Waals surface area contributed by atoms with Gasteiger partial charge < -0.3 is 5.73 Å². The fourth-order valence-electron chi connectivity index (χ4n) is 1.39. The minimum atomic E-state index is 0.115. The molecule has 5 heteroatoms. The standard InChI is InChI=1S/C9H12N4S/c1-6-5-8(10)13(12-6)7(2)9-11-3-4-14-9/h3-5,7H,10H2,1-2H3. The first-order valence-electron chi connectivity index (χ1n) is 4.39. The first-order valence-corrected chi connectivity index (χ1v) is 5.27. The third-order valence-electron chi connectivity index (χ3n) is 2.06. The topological polar surface area (TPSA) is 56.7 Å². The van der Waals surface area contributed by atoms with Crippen LogP contribution in [-0.2, 0) is 0 Å². The van der Waals surface area contributed by atoms with Crippen molar-refractivity contribution in [1.82, 2.24) is 14.8 Å². The van der Waals surface area contributed by atoms with E-state index in [4.69, 9.17) is 5.73 Å². The third kappa shape index (κ3) is 1.50. The number of nitrogens with two attached hydrogens (primary N) is 1. The van der Waals surface area contributed by atoms with Crippen LogP contribution in [0.25, 0.3) is 0 Å². The normalized spacial score (nSPS) is 13.0. The van der Waals surface area contributed by atoms with Crippen LogP contribution in [0.4, 0.5) is 5.82 Å². The molecule has 0 aromatic carbocycles. The third-order valence-corrected chi connectivity index (χ3v) is 3.01. The van der Waals surface area contributed by atoms with E-state index >= 15 is 0 Å². The summed E-state index contributed by atoms with van der Waals surface area (Å²) in [5.74, 6) is 0.685. The van der Waals surface area contributed by atoms with Gasteiger partial charge in [-0.1, -0.05) is 0 Å². The zero-order valence-electron chi connectivity index (χ0n) is 8.14. The minimum Gasteiger partial charge on any atom is -0.384 e. The molecule has 0 radical (unpaired) electrons. The van der Waals surface area contributed by atoms with Crippen molar-refractivity contribution in [2.45, 2.75) is 19.9 Å². The Hall–Kier alpha value is -1.36. The summed E-state index contributed by atoms with van der Waals surface area (Å²) in [5, 5.41) is 7.31. The lowest BCUT2D eigenvalue weighted by Crippen LogP contribution is -2.11. The van der Waals surface area contributed by atoms with Gasteiger partial charge in [0.25, 0.3) is 0 Å². The predicted molar refractivity (Wildman–Crippen MR) is 57.3 cm³/mol. The maximum atomic E-state index is 5.83. The molecular formula is C9H12N4S. The molecule has 2 N–H and O–H groups in total. The summed E-state index contributed by atoms with van der Waals surface area (Å²) in [4.78, 5) is 4.25. The lowest BCUT2D eigenvalue weighted by molar-refractivity contribution is 0.566. The van der Waals surface area contributed by atoms with Gasteiger partial charge in [0.2, 0.25) is 0 Å². The maximum absolute atomic E-state index is 5.83. The van der Waals surface area contributed by atoms with Crippen molar-refractivity contribution in [3.05, 3.63) is 28.3 Å². The second kappa shape index (κ2) is 3.42. The van der Waals surface area contributed by atoms with E-state index in [0.717, 1.165) is 10.7 Å². The van der Waals surface area contributed by atoms with Crippen LogP contribution in [0.5, 0.6) is 0 Å². The highest BCUT2D eigenvalue weighted by Gasteiger charge is 2.13. The molecule has 0 fully saturated rings. The second-order valence-corrected chi connectivity index (χ2v) is 4.13. The molecule has 1 unspecified atom stereocenters. The smallest absolute Gasteiger partial charge is 0.122 e. The zero-order chi connectivity index (χ0) is 10.1. The molecule has 4 nitrogen and oxygen atoms in total. The molecule has 1 atom stereocenters. The van der Waals surface area contributed by atoms with E-state index in [-0.39, 0.29) is 6.04 Å². The Labute approximate surface area is 86.4 Å². The number of thiazole rings is 1. The van der Waals surface area contributed by atoms with Gasteiger partial charge in [0.1, 0.15) is 16.9 Å². The van der Waals surface area contributed by atoms with Crippen molar-refractivity contribution in [2.24, 2.45) is 0 Å². The van der Waals surface area contributed by atoms with Crippen LogP contribution >= 0.6 is 11.3 Å². The van der Waals surface area contributed by atoms with Crippen molar-refractivity contribution < 1.29 is 0 Å². The van der Waals surface area contributed by atoms with Crippen LogP contribution in [0.15, 0.2) is 17.6 Å². The van der Waals surface area contributed by atoms with E-state index in [0.29, 0.717) is 5.82 Å². The molecule has 0 bridgehead atoms. The van der Waals surface area contributed by atoms with Crippen LogP contribution in [0.2, 0.25) is 0 Å². The molecule has 0 amide bonds. The average molecular weight is 208 g/mol. The molecule has 2 rings (SSSR count). The molecule has 0 aliphatic rings. The lowest BCUT2D eigenvalue weighted by atomic mass is 10.3. The zero-order valence-corrected chi connectivity index (χ0v) is 8.95. The van der Waals surface area contributed by atoms with E-state index in [1.165, 1.54) is 0 Å². The SMILES string of the molecule is Cc1cc(N)n(C(C)c2nccs2)n1. The van der Waals surface area contributed by atoms with Crippen molar-refractivity contribution in [3.8, 4) is 0 Å². The maximum Gasteiger partial charge on any atom is 0.122 e. The van der Waals surface area contributed by atoms with Crippen LogP contribution < -0.4 is 5.73 Å². The Balaban J connectivity index is 2.36. The van der Waals surface area contributed by atoms with E-state index in [9.17, 15) is 0 Å². The number of aromatic nitrogens is 3. The summed E-state index contributed by atoms with van der Waals surface area (Å²) in [7, 11) is 0. The minimum absolute atomic E-state index is 0.115. The number of aryl methyl sites for hydroxylation is 1. The molecule has 14 heavy (non-hydrogen) atoms. The molecular weight excluding hydrogens is 196 g/mol. The van der Waals surface area contributed by atoms with Gasteiger partial charge in [0, 0.05) is 17.6 Å². The summed E-state index contributed by atoms with van der Waals surface area (Å²) >= 11 is 1.62. The van der Waals surface area contributed by atoms with Gasteiger partial charge in [-0.25, -0.2) is 9.67 Å². The van der Waals surface area contributed by atoms with Gasteiger partial charge in [-0.3, -0.25) is 0 Å². The molecule has 0 aliphatic carbocycles. The van der Waals surface area contributed by atoms with E-state index in [1.807, 2.05) is 25.3 Å². The van der Waals surface area contributed by atoms with Crippen LogP contribution in [-0.4, -0.2) is 14.8 Å². The van der Waals surface area contributed by atoms with Crippen molar-refractivity contribution in [1.29, 1.82) is 0 Å². The van der Waals surface area contributed by atoms with Crippen molar-refractivity contribution in [2.75, 3.05) is 5.73 Å². The van der Waals surface area contributed by atoms with Crippen molar-refractivity contribution >= 4 is 17.2 Å². The van der Waals surface area contributed by atoms with Gasteiger partial charge in [0.15, 0.2) is 0 Å². The van der Waals surface area contributed by atoms with Crippen LogP contribution in [0.3, 0.4) is 0 Å². The van der Waals surface area contributed by atoms with E-state index in [1.54, 1.807) is 22.2 Å². The predicted octanol–water partition coefficient (Wildman–Crippen LogP) is 1.84. The molecule has 74 valence electrons. The van der Waals surface area contributed by atoms with Gasteiger partial charge >= 0.3 is 0 Å². The Morgan fingerprint density at radius 2 is 2.36 bits per heavy atom. The summed E-state index contributed by atoms with van der Waals surface area (Å²) in [6.07, 6.45) is 1.79. The quantitative estimate of drug-likeness (QED) is 0.819. The fourth-order valence-corrected chi connectivity index (χ4v) is 2.07. The lowest BCUT2D eigenvalue weighted by Gasteiger charge is -2.10. The summed E-state index contributed by atoms with van der Waals surface area (Å²) in [5.41, 5.74) is 6.76. The number of nitrogens with zero attached hydrogens (tertiary/aromatic N) is 3. The Kier molecular flexibility index (Phi) is 2.25. The highest BCUT2D eigenvalue weighted by atomic mass is 32.1. The average Bonchev–Trinajstić information content (AvgIpc) is 2.73. The molecule has 0 saturated heterocycles. The van der Waals surface area contributed by atoms with E-state index in [2.05, 4.69) is 10.1 Å². The van der Waals surface area contributed by atoms with Crippen LogP contribution in [0, 0.1) is 6.92 Å². The highest BCUT2D eigenvalue weighted by Crippen LogP contribution is 2.22. The summed E-state index contributed by atoms with van der Waals surface area (Å²) in [6.45, 7) is 3.98. The molecule has 2 aromatic heterocycles. The van der Waals surface area contributed by atoms with Gasteiger partial charge in [-0.15, -0.1) is 11.3 Å². The second-order valence-electron chi connectivity index (χ2n) is 3.20. The number of hydrogen-bond acceptors (Lipinski definition) is 4. The monoisotopic (exact) mass is 208 g/mol. The summed E-state index contributed by atoms with van der Waals surface area (Å²) < 4.78 is 1.80. The molecule has 2 heterocycles. The van der Waals surface area contributed by atoms with E-state index < -0.39 is 0 Å². The molecule has 0 aliphatic heterocycles. The number of rotatable bonds is 2. The summed E-state index contributed by atoms with van der Waals surface area (Å²) in [6, 6.07) is 1.98. The van der Waals surface area contributed by atoms with Gasteiger partial charge in [-0.05, 0) is 13.8 Å². The molecule has 0 spiro atoms. The number of anilines is 1. The first-order chi connectivity index (χ1) is 6.68. The Bertz CT molecular complexity index is 418. The van der Waals surface area contributed by atoms with Gasteiger partial charge in [-0.2, -0.15) is 5.10 Å². The fraction of sp³-hybridized carbons (Fsp3) is 0.333. The largest absolute Gasteiger partial charge is 0.384 e. The Morgan fingerprint density at radius 1 is 1.57 bits per heavy atom. The first kappa shape index (κ1) is 9.21. The molecule has 2 aromatic rings. The van der Waals surface area contributed by atoms with Crippen molar-refractivity contribution in [3.63, 3.8) is 0 Å². The Morgan fingerprint density at radius 3 is 2.86 bits per heavy atom. The number of nitrogen functional groups attached to an aromatic ring is 1. The van der Waals surface area contributed by atoms with Crippen LogP contribution in [0.1, 0.15) is 23.7 Å².